The lowest BCUT2D eigenvalue weighted by Gasteiger charge is -2.26. The number of halogens is 2. The van der Waals surface area contributed by atoms with Gasteiger partial charge in [0, 0.05) is 5.69 Å². The van der Waals surface area contributed by atoms with Gasteiger partial charge in [-0.15, -0.1) is 0 Å². The highest BCUT2D eigenvalue weighted by Gasteiger charge is 2.36. The van der Waals surface area contributed by atoms with Crippen LogP contribution in [-0.4, -0.2) is 43.9 Å². The van der Waals surface area contributed by atoms with Crippen molar-refractivity contribution in [1.29, 1.82) is 0 Å². The number of anilines is 4. The molecule has 6 rings (SSSR count). The summed E-state index contributed by atoms with van der Waals surface area (Å²) in [4.78, 5) is 5.25. The molecule has 3 aliphatic rings. The average Bonchev–Trinajstić information content (AvgIpc) is 2.94. The van der Waals surface area contributed by atoms with Crippen LogP contribution in [0.5, 0.6) is 11.5 Å². The average molecular weight is 731 g/mol. The summed E-state index contributed by atoms with van der Waals surface area (Å²) in [6.45, 7) is 1.56. The van der Waals surface area contributed by atoms with Gasteiger partial charge >= 0.3 is 10.1 Å². The number of aryl methyl sites for hydroxylation is 1. The van der Waals surface area contributed by atoms with E-state index in [2.05, 4.69) is 15.3 Å². The molecular formula is C25H17Cl2N5O11S3. The van der Waals surface area contributed by atoms with Crippen molar-refractivity contribution in [2.24, 2.45) is 4.99 Å². The molecule has 1 aliphatic carbocycles. The van der Waals surface area contributed by atoms with Crippen LogP contribution in [0.3, 0.4) is 0 Å². The molecule has 0 spiro atoms. The number of ether oxygens (including phenoxy) is 1. The fraction of sp³-hybridized carbons (Fsp3) is 0.0400. The van der Waals surface area contributed by atoms with Gasteiger partial charge in [-0.1, -0.05) is 29.3 Å². The number of nitrogens with one attached hydrogen (secondary N) is 1. The Bertz CT molecular complexity index is 2570. The van der Waals surface area contributed by atoms with Gasteiger partial charge in [-0.25, -0.2) is 9.98 Å². The van der Waals surface area contributed by atoms with Crippen molar-refractivity contribution in [2.45, 2.75) is 21.6 Å². The van der Waals surface area contributed by atoms with Crippen LogP contribution in [0.25, 0.3) is 22.6 Å². The van der Waals surface area contributed by atoms with Crippen LogP contribution >= 0.6 is 23.2 Å². The molecule has 3 aromatic rings. The van der Waals surface area contributed by atoms with Gasteiger partial charge in [-0.3, -0.25) is 13.7 Å². The Morgan fingerprint density at radius 3 is 2.17 bits per heavy atom. The molecule has 0 radical (unpaired) electrons. The zero-order chi connectivity index (χ0) is 33.7. The number of hydrogen-bond donors (Lipinski definition) is 6. The van der Waals surface area contributed by atoms with Crippen LogP contribution in [0.1, 0.15) is 5.56 Å². The lowest BCUT2D eigenvalue weighted by molar-refractivity contribution is 0.449. The molecule has 21 heteroatoms. The van der Waals surface area contributed by atoms with E-state index in [-0.39, 0.29) is 44.7 Å². The molecule has 0 saturated heterocycles. The monoisotopic (exact) mass is 729 g/mol. The van der Waals surface area contributed by atoms with E-state index in [4.69, 9.17) is 43.8 Å². The summed E-state index contributed by atoms with van der Waals surface area (Å²) in [5, 5.41) is 1.11. The van der Waals surface area contributed by atoms with Crippen LogP contribution in [-0.2, 0) is 30.4 Å². The number of aromatic nitrogens is 1. The molecule has 0 unspecified atom stereocenters. The minimum atomic E-state index is -5.40. The van der Waals surface area contributed by atoms with E-state index < -0.39 is 78.2 Å². The highest BCUT2D eigenvalue weighted by molar-refractivity contribution is 7.87. The molecule has 8 N–H and O–H groups in total. The summed E-state index contributed by atoms with van der Waals surface area (Å²) in [5.41, 5.74) is 10.3. The highest BCUT2D eigenvalue weighted by Crippen LogP contribution is 2.55. The first kappa shape index (κ1) is 31.8. The SMILES string of the molecule is Cc1ccc(N)cc1N=c1c(S(=O)(=O)O)cc2nc3c(Cl)c4c(c(Cl)c3oc-2c1S(=O)(=O)O)Nc1ccc(N)c(S(=O)(=O)O)c1O4. The summed E-state index contributed by atoms with van der Waals surface area (Å²) < 4.78 is 117. The predicted molar refractivity (Wildman–Crippen MR) is 165 cm³/mol. The third-order valence-corrected chi connectivity index (χ3v) is 10.1. The van der Waals surface area contributed by atoms with Gasteiger partial charge in [-0.2, -0.15) is 25.3 Å². The van der Waals surface area contributed by atoms with E-state index in [9.17, 15) is 38.9 Å². The van der Waals surface area contributed by atoms with E-state index in [0.717, 1.165) is 12.1 Å². The van der Waals surface area contributed by atoms with Crippen LogP contribution in [0.15, 0.2) is 60.5 Å². The summed E-state index contributed by atoms with van der Waals surface area (Å²) >= 11 is 13.2. The van der Waals surface area contributed by atoms with Crippen molar-refractivity contribution in [1.82, 2.24) is 4.98 Å². The molecule has 0 aromatic heterocycles. The highest BCUT2D eigenvalue weighted by atomic mass is 35.5. The number of nitrogen functional groups attached to an aromatic ring is 2. The Morgan fingerprint density at radius 2 is 1.54 bits per heavy atom. The van der Waals surface area contributed by atoms with E-state index in [1.165, 1.54) is 24.3 Å². The first-order valence-electron chi connectivity index (χ1n) is 12.3. The molecule has 2 aliphatic heterocycles. The lowest BCUT2D eigenvalue weighted by atomic mass is 10.1. The minimum absolute atomic E-state index is 0.0111. The van der Waals surface area contributed by atoms with Gasteiger partial charge in [-0.05, 0) is 42.8 Å². The second-order valence-corrected chi connectivity index (χ2v) is 14.7. The maximum atomic E-state index is 12.8. The number of benzene rings is 4. The second-order valence-electron chi connectivity index (χ2n) is 9.79. The molecule has 0 fully saturated rings. The van der Waals surface area contributed by atoms with Crippen molar-refractivity contribution >= 4 is 93.1 Å². The maximum Gasteiger partial charge on any atom is 0.300 e. The van der Waals surface area contributed by atoms with Gasteiger partial charge in [0.05, 0.1) is 17.1 Å². The first-order chi connectivity index (χ1) is 21.3. The lowest BCUT2D eigenvalue weighted by Crippen LogP contribution is -2.24. The van der Waals surface area contributed by atoms with Crippen LogP contribution in [0.4, 0.5) is 28.4 Å². The van der Waals surface area contributed by atoms with Gasteiger partial charge in [0.1, 0.15) is 37.2 Å². The molecule has 0 saturated carbocycles. The van der Waals surface area contributed by atoms with Crippen molar-refractivity contribution in [3.8, 4) is 23.0 Å². The molecule has 0 amide bonds. The smallest absolute Gasteiger partial charge is 0.300 e. The van der Waals surface area contributed by atoms with Crippen molar-refractivity contribution in [2.75, 3.05) is 16.8 Å². The summed E-state index contributed by atoms with van der Waals surface area (Å²) in [7, 11) is -15.6. The molecule has 2 heterocycles. The van der Waals surface area contributed by atoms with Crippen LogP contribution in [0, 0.1) is 6.92 Å². The Labute approximate surface area is 268 Å². The molecule has 46 heavy (non-hydrogen) atoms. The quantitative estimate of drug-likeness (QED) is 0.0825. The number of nitrogens with zero attached hydrogens (tertiary/aromatic N) is 2. The third kappa shape index (κ3) is 5.15. The topological polar surface area (TPSA) is 275 Å². The van der Waals surface area contributed by atoms with Crippen LogP contribution < -0.4 is 26.9 Å². The molecule has 240 valence electrons. The van der Waals surface area contributed by atoms with Crippen molar-refractivity contribution < 1.29 is 48.1 Å². The second kappa shape index (κ2) is 10.4. The van der Waals surface area contributed by atoms with E-state index in [1.54, 1.807) is 6.92 Å². The zero-order valence-corrected chi connectivity index (χ0v) is 26.6. The van der Waals surface area contributed by atoms with Crippen molar-refractivity contribution in [3.05, 3.63) is 57.4 Å². The number of rotatable bonds is 4. The largest absolute Gasteiger partial charge is 0.450 e. The number of nitrogens with two attached hydrogens (primary N) is 2. The summed E-state index contributed by atoms with van der Waals surface area (Å²) in [5.74, 6) is -1.52. The molecule has 3 aromatic carbocycles. The Kier molecular flexibility index (Phi) is 7.18. The fourth-order valence-corrected chi connectivity index (χ4v) is 7.49. The molecular weight excluding hydrogens is 713 g/mol. The van der Waals surface area contributed by atoms with Crippen molar-refractivity contribution in [3.63, 3.8) is 0 Å². The van der Waals surface area contributed by atoms with E-state index in [0.29, 0.717) is 5.56 Å². The summed E-state index contributed by atoms with van der Waals surface area (Å²) in [6.07, 6.45) is 0. The normalized spacial score (nSPS) is 13.7. The standard InChI is InChI=1S/C25H17Cl2N5O11S3/c1-8-2-3-9(28)6-12(8)31-17-14(44(33,34)35)7-13-21(25(17)46(39,40)41)43-23-15(26)18-22(16(27)19(23)32-13)42-20-11(30-18)5-4-10(29)24(20)45(36,37)38/h2-7,30H,28-29H2,1H3,(H,33,34,35)(H,36,37,38)(H,39,40,41). The van der Waals surface area contributed by atoms with Gasteiger partial charge in [0.15, 0.2) is 32.6 Å². The third-order valence-electron chi connectivity index (χ3n) is 6.73. The Hall–Kier alpha value is -4.21. The van der Waals surface area contributed by atoms with Gasteiger partial charge in [0.25, 0.3) is 20.2 Å². The maximum absolute atomic E-state index is 12.8. The van der Waals surface area contributed by atoms with Gasteiger partial charge in [0.2, 0.25) is 0 Å². The fourth-order valence-electron chi connectivity index (χ4n) is 4.72. The van der Waals surface area contributed by atoms with E-state index in [1.807, 2.05) is 0 Å². The van der Waals surface area contributed by atoms with E-state index >= 15 is 0 Å². The molecule has 0 bridgehead atoms. The summed E-state index contributed by atoms with van der Waals surface area (Å²) in [6, 6.07) is 7.51. The zero-order valence-electron chi connectivity index (χ0n) is 22.6. The van der Waals surface area contributed by atoms with Gasteiger partial charge < -0.3 is 25.9 Å². The number of fused-ring (bicyclic) bond motifs is 4. The Balaban J connectivity index is 1.74. The Morgan fingerprint density at radius 1 is 0.870 bits per heavy atom. The molecule has 16 nitrogen and oxygen atoms in total. The number of hydrogen-bond acceptors (Lipinski definition) is 13. The predicted octanol–water partition coefficient (Wildman–Crippen LogP) is 4.53. The first-order valence-corrected chi connectivity index (χ1v) is 17.4. The molecule has 0 atom stereocenters. The van der Waals surface area contributed by atoms with Crippen LogP contribution in [0.2, 0.25) is 10.0 Å². The minimum Gasteiger partial charge on any atom is -0.450 e.